The maximum Gasteiger partial charge on any atom is 0.305 e. The summed E-state index contributed by atoms with van der Waals surface area (Å²) in [5.41, 5.74) is -0.823. The fourth-order valence-electron chi connectivity index (χ4n) is 2.27. The van der Waals surface area contributed by atoms with E-state index >= 15 is 0 Å². The molecule has 0 spiro atoms. The first-order valence-corrected chi connectivity index (χ1v) is 7.25. The highest BCUT2D eigenvalue weighted by atomic mass is 32.2. The predicted octanol–water partition coefficient (Wildman–Crippen LogP) is -0.623. The van der Waals surface area contributed by atoms with Gasteiger partial charge in [0, 0.05) is 24.4 Å². The topological polar surface area (TPSA) is 118 Å². The summed E-state index contributed by atoms with van der Waals surface area (Å²) in [6.07, 6.45) is -0.0830. The Balaban J connectivity index is 2.76. The molecule has 0 saturated carbocycles. The van der Waals surface area contributed by atoms with Crippen LogP contribution in [0.25, 0.3) is 0 Å². The van der Waals surface area contributed by atoms with Gasteiger partial charge in [-0.1, -0.05) is 0 Å². The van der Waals surface area contributed by atoms with E-state index in [0.717, 1.165) is 0 Å². The second kappa shape index (κ2) is 4.85. The fourth-order valence-corrected chi connectivity index (χ4v) is 3.15. The van der Waals surface area contributed by atoms with Crippen molar-refractivity contribution in [2.45, 2.75) is 32.2 Å². The van der Waals surface area contributed by atoms with Crippen molar-refractivity contribution < 1.29 is 23.1 Å². The van der Waals surface area contributed by atoms with Gasteiger partial charge in [-0.3, -0.25) is 9.59 Å². The number of nitrogens with zero attached hydrogens (tertiary/aromatic N) is 1. The predicted molar refractivity (Wildman–Crippen MR) is 64.1 cm³/mol. The molecule has 1 aliphatic rings. The van der Waals surface area contributed by atoms with Crippen LogP contribution >= 0.6 is 0 Å². The third-order valence-electron chi connectivity index (χ3n) is 2.99. The SMILES string of the molecule is CC(C)(CC(=O)O)N1CC(CS(N)(=O)=O)CC1=O. The van der Waals surface area contributed by atoms with Crippen molar-refractivity contribution in [3.8, 4) is 0 Å². The molecule has 1 saturated heterocycles. The molecule has 3 N–H and O–H groups in total. The number of hydrogen-bond acceptors (Lipinski definition) is 4. The molecule has 0 aliphatic carbocycles. The molecule has 1 amide bonds. The number of carbonyl (C=O) groups is 2. The number of hydrogen-bond donors (Lipinski definition) is 2. The van der Waals surface area contributed by atoms with Gasteiger partial charge in [-0.2, -0.15) is 0 Å². The zero-order chi connectivity index (χ0) is 14.1. The molecule has 0 aromatic carbocycles. The van der Waals surface area contributed by atoms with Gasteiger partial charge in [0.05, 0.1) is 12.2 Å². The first kappa shape index (κ1) is 14.9. The average molecular weight is 278 g/mol. The van der Waals surface area contributed by atoms with Crippen LogP contribution in [-0.4, -0.2) is 48.1 Å². The average Bonchev–Trinajstić information content (AvgIpc) is 2.41. The van der Waals surface area contributed by atoms with E-state index in [4.69, 9.17) is 10.2 Å². The van der Waals surface area contributed by atoms with Crippen LogP contribution in [0.15, 0.2) is 0 Å². The first-order valence-electron chi connectivity index (χ1n) is 5.54. The Morgan fingerprint density at radius 3 is 2.56 bits per heavy atom. The summed E-state index contributed by atoms with van der Waals surface area (Å²) in [6, 6.07) is 0. The third-order valence-corrected chi connectivity index (χ3v) is 3.92. The Bertz CT molecular complexity index is 457. The minimum absolute atomic E-state index is 0.0967. The normalized spacial score (nSPS) is 21.4. The van der Waals surface area contributed by atoms with Crippen molar-refractivity contribution in [3.63, 3.8) is 0 Å². The summed E-state index contributed by atoms with van der Waals surface area (Å²) < 4.78 is 22.0. The molecule has 0 aromatic heterocycles. The molecule has 104 valence electrons. The molecule has 1 unspecified atom stereocenters. The number of aliphatic carboxylic acids is 1. The number of likely N-dealkylation sites (tertiary alicyclic amines) is 1. The maximum atomic E-state index is 11.8. The minimum atomic E-state index is -3.62. The van der Waals surface area contributed by atoms with Gasteiger partial charge in [-0.25, -0.2) is 13.6 Å². The summed E-state index contributed by atoms with van der Waals surface area (Å²) >= 11 is 0. The summed E-state index contributed by atoms with van der Waals surface area (Å²) in [5, 5.41) is 13.7. The summed E-state index contributed by atoms with van der Waals surface area (Å²) in [7, 11) is -3.62. The van der Waals surface area contributed by atoms with Crippen LogP contribution in [0.1, 0.15) is 26.7 Å². The lowest BCUT2D eigenvalue weighted by Crippen LogP contribution is -2.46. The molecular formula is C10H18N2O5S. The van der Waals surface area contributed by atoms with Crippen LogP contribution in [0.4, 0.5) is 0 Å². The maximum absolute atomic E-state index is 11.8. The summed E-state index contributed by atoms with van der Waals surface area (Å²) in [5.74, 6) is -1.84. The molecule has 1 heterocycles. The van der Waals surface area contributed by atoms with Crippen LogP contribution < -0.4 is 5.14 Å². The van der Waals surface area contributed by atoms with Crippen LogP contribution in [-0.2, 0) is 19.6 Å². The van der Waals surface area contributed by atoms with E-state index in [-0.39, 0.29) is 37.0 Å². The van der Waals surface area contributed by atoms with Gasteiger partial charge in [-0.15, -0.1) is 0 Å². The molecule has 18 heavy (non-hydrogen) atoms. The highest BCUT2D eigenvalue weighted by molar-refractivity contribution is 7.89. The van der Waals surface area contributed by atoms with Gasteiger partial charge in [0.15, 0.2) is 0 Å². The Kier molecular flexibility index (Phi) is 4.02. The quantitative estimate of drug-likeness (QED) is 0.694. The fraction of sp³-hybridized carbons (Fsp3) is 0.800. The van der Waals surface area contributed by atoms with Gasteiger partial charge in [0.25, 0.3) is 0 Å². The Labute approximate surface area is 106 Å². The van der Waals surface area contributed by atoms with E-state index in [9.17, 15) is 18.0 Å². The van der Waals surface area contributed by atoms with Crippen molar-refractivity contribution in [1.29, 1.82) is 0 Å². The van der Waals surface area contributed by atoms with Crippen molar-refractivity contribution >= 4 is 21.9 Å². The van der Waals surface area contributed by atoms with Crippen LogP contribution in [0.2, 0.25) is 0 Å². The van der Waals surface area contributed by atoms with Crippen molar-refractivity contribution in [2.24, 2.45) is 11.1 Å². The number of rotatable bonds is 5. The number of primary sulfonamides is 1. The highest BCUT2D eigenvalue weighted by Crippen LogP contribution is 2.28. The summed E-state index contributed by atoms with van der Waals surface area (Å²) in [6.45, 7) is 3.53. The second-order valence-electron chi connectivity index (χ2n) is 5.29. The molecule has 7 nitrogen and oxygen atoms in total. The van der Waals surface area contributed by atoms with Crippen LogP contribution in [0.5, 0.6) is 0 Å². The number of carboxylic acid groups (broad SMARTS) is 1. The Morgan fingerprint density at radius 1 is 1.56 bits per heavy atom. The lowest BCUT2D eigenvalue weighted by atomic mass is 9.98. The van der Waals surface area contributed by atoms with Crippen molar-refractivity contribution in [2.75, 3.05) is 12.3 Å². The van der Waals surface area contributed by atoms with E-state index < -0.39 is 21.5 Å². The number of carboxylic acids is 1. The molecule has 1 atom stereocenters. The van der Waals surface area contributed by atoms with Gasteiger partial charge in [0.1, 0.15) is 0 Å². The summed E-state index contributed by atoms with van der Waals surface area (Å²) in [4.78, 5) is 24.0. The second-order valence-corrected chi connectivity index (χ2v) is 6.95. The van der Waals surface area contributed by atoms with E-state index in [1.165, 1.54) is 4.90 Å². The van der Waals surface area contributed by atoms with E-state index in [0.29, 0.717) is 0 Å². The smallest absolute Gasteiger partial charge is 0.305 e. The van der Waals surface area contributed by atoms with E-state index in [1.54, 1.807) is 13.8 Å². The van der Waals surface area contributed by atoms with E-state index in [1.807, 2.05) is 0 Å². The molecule has 0 bridgehead atoms. The number of sulfonamides is 1. The van der Waals surface area contributed by atoms with Crippen molar-refractivity contribution in [1.82, 2.24) is 4.90 Å². The van der Waals surface area contributed by atoms with Crippen LogP contribution in [0, 0.1) is 5.92 Å². The number of nitrogens with two attached hydrogens (primary N) is 1. The Morgan fingerprint density at radius 2 is 2.11 bits per heavy atom. The van der Waals surface area contributed by atoms with Crippen LogP contribution in [0.3, 0.4) is 0 Å². The molecule has 8 heteroatoms. The van der Waals surface area contributed by atoms with Crippen molar-refractivity contribution in [3.05, 3.63) is 0 Å². The molecule has 1 rings (SSSR count). The molecular weight excluding hydrogens is 260 g/mol. The van der Waals surface area contributed by atoms with Gasteiger partial charge in [-0.05, 0) is 13.8 Å². The van der Waals surface area contributed by atoms with Gasteiger partial charge >= 0.3 is 5.97 Å². The molecule has 1 fully saturated rings. The lowest BCUT2D eigenvalue weighted by Gasteiger charge is -2.34. The number of amides is 1. The van der Waals surface area contributed by atoms with Gasteiger partial charge < -0.3 is 10.0 Å². The highest BCUT2D eigenvalue weighted by Gasteiger charge is 2.40. The zero-order valence-corrected chi connectivity index (χ0v) is 11.2. The largest absolute Gasteiger partial charge is 0.481 e. The molecule has 0 aromatic rings. The third kappa shape index (κ3) is 3.95. The monoisotopic (exact) mass is 278 g/mol. The first-order chi connectivity index (χ1) is 8.01. The Hall–Kier alpha value is -1.15. The van der Waals surface area contributed by atoms with Gasteiger partial charge in [0.2, 0.25) is 15.9 Å². The number of carbonyl (C=O) groups excluding carboxylic acids is 1. The molecule has 0 radical (unpaired) electrons. The zero-order valence-electron chi connectivity index (χ0n) is 10.4. The lowest BCUT2D eigenvalue weighted by molar-refractivity contribution is -0.142. The standard InChI is InChI=1S/C10H18N2O5S/c1-10(2,4-9(14)15)12-5-7(3-8(12)13)6-18(11,16)17/h7H,3-6H2,1-2H3,(H,14,15)(H2,11,16,17). The minimum Gasteiger partial charge on any atom is -0.481 e. The van der Waals surface area contributed by atoms with E-state index in [2.05, 4.69) is 0 Å². The molecule has 1 aliphatic heterocycles.